The van der Waals surface area contributed by atoms with Crippen molar-refractivity contribution in [3.63, 3.8) is 0 Å². The summed E-state index contributed by atoms with van der Waals surface area (Å²) in [4.78, 5) is 13.4. The maximum atomic E-state index is 13.4. The van der Waals surface area contributed by atoms with Gasteiger partial charge < -0.3 is 9.47 Å². The van der Waals surface area contributed by atoms with Gasteiger partial charge in [0, 0.05) is 5.92 Å². The first kappa shape index (κ1) is 18.1. The van der Waals surface area contributed by atoms with Gasteiger partial charge in [-0.3, -0.25) is 4.79 Å². The van der Waals surface area contributed by atoms with Gasteiger partial charge in [0.05, 0.1) is 18.6 Å². The van der Waals surface area contributed by atoms with Gasteiger partial charge in [0.2, 0.25) is 0 Å². The van der Waals surface area contributed by atoms with Crippen LogP contribution in [0.2, 0.25) is 0 Å². The van der Waals surface area contributed by atoms with Gasteiger partial charge in [-0.15, -0.1) is 0 Å². The molecule has 0 aromatic rings. The lowest BCUT2D eigenvalue weighted by atomic mass is 9.47. The molecule has 3 rings (SSSR count). The highest BCUT2D eigenvalue weighted by molar-refractivity contribution is 5.88. The van der Waals surface area contributed by atoms with Gasteiger partial charge in [0.1, 0.15) is 5.78 Å². The molecule has 1 heterocycles. The van der Waals surface area contributed by atoms with Crippen LogP contribution in [-0.4, -0.2) is 25.3 Å². The van der Waals surface area contributed by atoms with Crippen molar-refractivity contribution in [2.45, 2.75) is 78.9 Å². The molecular formula is C21H34O3. The molecule has 1 aliphatic heterocycles. The minimum absolute atomic E-state index is 0.147. The summed E-state index contributed by atoms with van der Waals surface area (Å²) in [6.45, 7) is 10.1. The van der Waals surface area contributed by atoms with E-state index in [9.17, 15) is 4.79 Å². The van der Waals surface area contributed by atoms with Crippen LogP contribution in [0.15, 0.2) is 11.6 Å². The highest BCUT2D eigenvalue weighted by Gasteiger charge is 2.62. The minimum Gasteiger partial charge on any atom is -0.349 e. The van der Waals surface area contributed by atoms with E-state index in [1.54, 1.807) is 0 Å². The first-order valence-electron chi connectivity index (χ1n) is 9.81. The van der Waals surface area contributed by atoms with Crippen LogP contribution in [0.1, 0.15) is 72.6 Å². The molecule has 3 nitrogen and oxygen atoms in total. The highest BCUT2D eigenvalue weighted by Crippen LogP contribution is 2.61. The third kappa shape index (κ3) is 2.99. The van der Waals surface area contributed by atoms with E-state index in [0.29, 0.717) is 24.9 Å². The molecule has 0 N–H and O–H groups in total. The van der Waals surface area contributed by atoms with Crippen LogP contribution in [0.25, 0.3) is 0 Å². The van der Waals surface area contributed by atoms with E-state index in [-0.39, 0.29) is 17.6 Å². The van der Waals surface area contributed by atoms with Crippen LogP contribution in [0.4, 0.5) is 0 Å². The molecule has 3 fully saturated rings. The van der Waals surface area contributed by atoms with Gasteiger partial charge >= 0.3 is 0 Å². The number of carbonyl (C=O) groups is 1. The fraction of sp³-hybridized carbons (Fsp3) is 0.857. The number of fused-ring (bicyclic) bond motifs is 1. The van der Waals surface area contributed by atoms with Crippen LogP contribution in [0.3, 0.4) is 0 Å². The van der Waals surface area contributed by atoms with E-state index in [1.165, 1.54) is 18.4 Å². The second kappa shape index (κ2) is 6.92. The van der Waals surface area contributed by atoms with E-state index in [2.05, 4.69) is 33.8 Å². The molecule has 4 atom stereocenters. The van der Waals surface area contributed by atoms with Gasteiger partial charge in [0.15, 0.2) is 6.29 Å². The third-order valence-corrected chi connectivity index (χ3v) is 6.91. The molecule has 0 aromatic heterocycles. The molecule has 0 radical (unpaired) electrons. The maximum Gasteiger partial charge on any atom is 0.170 e. The predicted octanol–water partition coefficient (Wildman–Crippen LogP) is 4.90. The average Bonchev–Trinajstić information content (AvgIpc) is 3.06. The van der Waals surface area contributed by atoms with Crippen LogP contribution >= 0.6 is 0 Å². The Balaban J connectivity index is 1.91. The summed E-state index contributed by atoms with van der Waals surface area (Å²) in [6, 6.07) is 0. The van der Waals surface area contributed by atoms with Crippen molar-refractivity contribution in [3.05, 3.63) is 11.6 Å². The topological polar surface area (TPSA) is 35.5 Å². The second-order valence-electron chi connectivity index (χ2n) is 8.84. The Morgan fingerprint density at radius 3 is 2.58 bits per heavy atom. The van der Waals surface area contributed by atoms with Gasteiger partial charge in [-0.05, 0) is 63.7 Å². The van der Waals surface area contributed by atoms with E-state index in [0.717, 1.165) is 32.1 Å². The number of ether oxygens (including phenoxy) is 2. The molecular weight excluding hydrogens is 300 g/mol. The van der Waals surface area contributed by atoms with E-state index < -0.39 is 5.41 Å². The number of Topliss-reactive ketones (excluding diaryl/α,β-unsaturated/α-hetero) is 1. The zero-order valence-electron chi connectivity index (χ0n) is 15.9. The normalized spacial score (nSPS) is 40.4. The number of ketones is 1. The van der Waals surface area contributed by atoms with Crippen LogP contribution in [0, 0.1) is 22.7 Å². The average molecular weight is 335 g/mol. The molecule has 0 spiro atoms. The molecule has 0 bridgehead atoms. The van der Waals surface area contributed by atoms with Gasteiger partial charge in [-0.25, -0.2) is 0 Å². The van der Waals surface area contributed by atoms with Gasteiger partial charge in [-0.2, -0.15) is 0 Å². The summed E-state index contributed by atoms with van der Waals surface area (Å²) in [5.74, 6) is 0.962. The van der Waals surface area contributed by atoms with Crippen molar-refractivity contribution in [2.24, 2.45) is 22.7 Å². The molecule has 24 heavy (non-hydrogen) atoms. The summed E-state index contributed by atoms with van der Waals surface area (Å²) in [6.07, 6.45) is 9.77. The quantitative estimate of drug-likeness (QED) is 0.686. The lowest BCUT2D eigenvalue weighted by Gasteiger charge is -2.57. The smallest absolute Gasteiger partial charge is 0.170 e. The molecule has 3 heteroatoms. The molecule has 2 aliphatic carbocycles. The predicted molar refractivity (Wildman–Crippen MR) is 95.6 cm³/mol. The molecule has 1 saturated heterocycles. The summed E-state index contributed by atoms with van der Waals surface area (Å²) in [5, 5.41) is 0. The molecule has 2 saturated carbocycles. The van der Waals surface area contributed by atoms with Gasteiger partial charge in [0.25, 0.3) is 0 Å². The summed E-state index contributed by atoms with van der Waals surface area (Å²) >= 11 is 0. The first-order chi connectivity index (χ1) is 11.4. The van der Waals surface area contributed by atoms with Crippen LogP contribution in [-0.2, 0) is 14.3 Å². The Morgan fingerprint density at radius 2 is 1.92 bits per heavy atom. The Kier molecular flexibility index (Phi) is 5.22. The molecule has 3 aliphatic rings. The standard InChI is InChI=1S/C21H34O3/c1-15(2)7-5-10-20(4)11-6-12-21(19-23-13-14-24-19)17(20)9-8-16(3)18(21)22/h7,16-17,19H,5-6,8-14H2,1-4H3/t16?,17-,20+,21+/m1/s1. The largest absolute Gasteiger partial charge is 0.349 e. The van der Waals surface area contributed by atoms with E-state index >= 15 is 0 Å². The Morgan fingerprint density at radius 1 is 1.21 bits per heavy atom. The molecule has 136 valence electrons. The number of hydrogen-bond donors (Lipinski definition) is 0. The van der Waals surface area contributed by atoms with Crippen LogP contribution in [0.5, 0.6) is 0 Å². The minimum atomic E-state index is -0.397. The highest BCUT2D eigenvalue weighted by atomic mass is 16.7. The zero-order valence-corrected chi connectivity index (χ0v) is 15.9. The van der Waals surface area contributed by atoms with E-state index in [1.807, 2.05) is 0 Å². The lowest BCUT2D eigenvalue weighted by Crippen LogP contribution is -2.59. The SMILES string of the molecule is CC(C)=CCC[C@@]1(C)CCC[C@@]2(C3OCCO3)C(=O)C(C)CC[C@H]12. The van der Waals surface area contributed by atoms with Crippen molar-refractivity contribution in [1.82, 2.24) is 0 Å². The number of carbonyl (C=O) groups excluding carboxylic acids is 1. The Bertz CT molecular complexity index is 501. The van der Waals surface area contributed by atoms with Crippen molar-refractivity contribution in [1.29, 1.82) is 0 Å². The van der Waals surface area contributed by atoms with Crippen molar-refractivity contribution in [3.8, 4) is 0 Å². The zero-order chi connectivity index (χ0) is 17.4. The fourth-order valence-corrected chi connectivity index (χ4v) is 5.71. The monoisotopic (exact) mass is 334 g/mol. The number of allylic oxidation sites excluding steroid dienone is 2. The Labute approximate surface area is 147 Å². The fourth-order valence-electron chi connectivity index (χ4n) is 5.71. The summed E-state index contributed by atoms with van der Waals surface area (Å²) in [7, 11) is 0. The second-order valence-corrected chi connectivity index (χ2v) is 8.84. The lowest BCUT2D eigenvalue weighted by molar-refractivity contribution is -0.209. The molecule has 1 unspecified atom stereocenters. The summed E-state index contributed by atoms with van der Waals surface area (Å²) < 4.78 is 11.9. The first-order valence-corrected chi connectivity index (χ1v) is 9.81. The molecule has 0 aromatic carbocycles. The third-order valence-electron chi connectivity index (χ3n) is 6.91. The Hall–Kier alpha value is -0.670. The van der Waals surface area contributed by atoms with Gasteiger partial charge in [-0.1, -0.05) is 31.9 Å². The van der Waals surface area contributed by atoms with Crippen LogP contribution < -0.4 is 0 Å². The molecule has 0 amide bonds. The number of rotatable bonds is 4. The van der Waals surface area contributed by atoms with E-state index in [4.69, 9.17) is 9.47 Å². The maximum absolute atomic E-state index is 13.4. The van der Waals surface area contributed by atoms with Crippen molar-refractivity contribution < 1.29 is 14.3 Å². The van der Waals surface area contributed by atoms with Crippen molar-refractivity contribution in [2.75, 3.05) is 13.2 Å². The number of hydrogen-bond acceptors (Lipinski definition) is 3. The summed E-state index contributed by atoms with van der Waals surface area (Å²) in [5.41, 5.74) is 1.21. The van der Waals surface area contributed by atoms with Crippen molar-refractivity contribution >= 4 is 5.78 Å².